The number of hydrogen-bond acceptors (Lipinski definition) is 3. The van der Waals surface area contributed by atoms with Crippen LogP contribution in [0.25, 0.3) is 0 Å². The lowest BCUT2D eigenvalue weighted by Crippen LogP contribution is -2.28. The fraction of sp³-hybridized carbons (Fsp3) is 0.400. The largest absolute Gasteiger partial charge is 0.461 e. The molecule has 3 nitrogen and oxygen atoms in total. The standard InChI is InChI=1S/C15H21NO2/c1-11(2)12(3)14(16)9-15(17)18-10-13-7-5-4-6-8-13/h4-8,11,14H,3,9-10,16H2,1-2H3/t14-/m0/s1. The monoisotopic (exact) mass is 247 g/mol. The van der Waals surface area contributed by atoms with Crippen LogP contribution in [0.15, 0.2) is 42.5 Å². The maximum absolute atomic E-state index is 11.6. The molecule has 0 aromatic heterocycles. The Balaban J connectivity index is 2.36. The van der Waals surface area contributed by atoms with Gasteiger partial charge in [-0.25, -0.2) is 0 Å². The molecule has 0 aliphatic heterocycles. The summed E-state index contributed by atoms with van der Waals surface area (Å²) in [6.07, 6.45) is 0.184. The van der Waals surface area contributed by atoms with Gasteiger partial charge in [0.25, 0.3) is 0 Å². The number of ether oxygens (including phenoxy) is 1. The topological polar surface area (TPSA) is 52.3 Å². The number of carbonyl (C=O) groups excluding carboxylic acids is 1. The van der Waals surface area contributed by atoms with E-state index in [1.54, 1.807) is 0 Å². The lowest BCUT2D eigenvalue weighted by Gasteiger charge is -2.17. The van der Waals surface area contributed by atoms with E-state index < -0.39 is 0 Å². The molecule has 1 aromatic rings. The first kappa shape index (κ1) is 14.5. The molecule has 0 heterocycles. The highest BCUT2D eigenvalue weighted by Crippen LogP contribution is 2.13. The van der Waals surface area contributed by atoms with Gasteiger partial charge in [-0.15, -0.1) is 0 Å². The van der Waals surface area contributed by atoms with E-state index in [0.29, 0.717) is 6.61 Å². The summed E-state index contributed by atoms with van der Waals surface area (Å²) in [6, 6.07) is 9.26. The van der Waals surface area contributed by atoms with Crippen LogP contribution in [-0.2, 0) is 16.1 Å². The number of benzene rings is 1. The molecule has 0 spiro atoms. The van der Waals surface area contributed by atoms with Crippen LogP contribution in [0.5, 0.6) is 0 Å². The summed E-state index contributed by atoms with van der Waals surface area (Å²) < 4.78 is 5.17. The molecule has 0 saturated carbocycles. The van der Waals surface area contributed by atoms with Crippen LogP contribution in [0.3, 0.4) is 0 Å². The normalized spacial score (nSPS) is 12.2. The first-order valence-corrected chi connectivity index (χ1v) is 6.14. The zero-order valence-corrected chi connectivity index (χ0v) is 11.1. The van der Waals surface area contributed by atoms with Gasteiger partial charge in [0.1, 0.15) is 6.61 Å². The number of carbonyl (C=O) groups is 1. The summed E-state index contributed by atoms with van der Waals surface area (Å²) in [5, 5.41) is 0. The summed E-state index contributed by atoms with van der Waals surface area (Å²) in [7, 11) is 0. The average molecular weight is 247 g/mol. The smallest absolute Gasteiger partial charge is 0.308 e. The Hall–Kier alpha value is -1.61. The molecule has 2 N–H and O–H groups in total. The van der Waals surface area contributed by atoms with Crippen LogP contribution in [0.4, 0.5) is 0 Å². The second-order valence-corrected chi connectivity index (χ2v) is 4.69. The Morgan fingerprint density at radius 1 is 1.33 bits per heavy atom. The summed E-state index contributed by atoms with van der Waals surface area (Å²) in [6.45, 7) is 8.21. The zero-order valence-electron chi connectivity index (χ0n) is 11.1. The van der Waals surface area contributed by atoms with Gasteiger partial charge in [-0.2, -0.15) is 0 Å². The minimum absolute atomic E-state index is 0.184. The number of nitrogens with two attached hydrogens (primary N) is 1. The molecule has 0 bridgehead atoms. The molecule has 0 saturated heterocycles. The van der Waals surface area contributed by atoms with Crippen LogP contribution in [0, 0.1) is 5.92 Å². The molecule has 0 unspecified atom stereocenters. The molecular formula is C15H21NO2. The second kappa shape index (κ2) is 6.97. The van der Waals surface area contributed by atoms with Crippen molar-refractivity contribution in [3.63, 3.8) is 0 Å². The Kier molecular flexibility index (Phi) is 5.59. The van der Waals surface area contributed by atoms with Gasteiger partial charge in [-0.1, -0.05) is 56.3 Å². The quantitative estimate of drug-likeness (QED) is 0.621. The molecule has 0 amide bonds. The molecule has 3 heteroatoms. The van der Waals surface area contributed by atoms with Crippen molar-refractivity contribution in [2.24, 2.45) is 11.7 Å². The highest BCUT2D eigenvalue weighted by Gasteiger charge is 2.15. The highest BCUT2D eigenvalue weighted by atomic mass is 16.5. The fourth-order valence-corrected chi connectivity index (χ4v) is 1.54. The molecule has 0 radical (unpaired) electrons. The predicted molar refractivity (Wildman–Crippen MR) is 72.8 cm³/mol. The lowest BCUT2D eigenvalue weighted by molar-refractivity contribution is -0.145. The number of hydrogen-bond donors (Lipinski definition) is 1. The van der Waals surface area contributed by atoms with Crippen LogP contribution >= 0.6 is 0 Å². The minimum atomic E-state index is -0.326. The van der Waals surface area contributed by atoms with E-state index >= 15 is 0 Å². The summed E-state index contributed by atoms with van der Waals surface area (Å²) >= 11 is 0. The molecule has 1 rings (SSSR count). The second-order valence-electron chi connectivity index (χ2n) is 4.69. The Morgan fingerprint density at radius 3 is 2.50 bits per heavy atom. The Morgan fingerprint density at radius 2 is 1.94 bits per heavy atom. The van der Waals surface area contributed by atoms with Gasteiger partial charge in [-0.05, 0) is 11.5 Å². The molecule has 98 valence electrons. The van der Waals surface area contributed by atoms with Crippen molar-refractivity contribution < 1.29 is 9.53 Å². The van der Waals surface area contributed by atoms with E-state index in [0.717, 1.165) is 11.1 Å². The van der Waals surface area contributed by atoms with Gasteiger partial charge in [0, 0.05) is 6.04 Å². The van der Waals surface area contributed by atoms with Gasteiger partial charge in [0.05, 0.1) is 6.42 Å². The highest BCUT2D eigenvalue weighted by molar-refractivity contribution is 5.70. The molecule has 1 aromatic carbocycles. The van der Waals surface area contributed by atoms with Crippen molar-refractivity contribution in [2.75, 3.05) is 0 Å². The van der Waals surface area contributed by atoms with Crippen molar-refractivity contribution in [1.82, 2.24) is 0 Å². The van der Waals surface area contributed by atoms with Crippen molar-refractivity contribution in [1.29, 1.82) is 0 Å². The summed E-state index contributed by atoms with van der Waals surface area (Å²) in [5.41, 5.74) is 7.74. The van der Waals surface area contributed by atoms with E-state index in [2.05, 4.69) is 6.58 Å². The minimum Gasteiger partial charge on any atom is -0.461 e. The average Bonchev–Trinajstić information content (AvgIpc) is 2.36. The van der Waals surface area contributed by atoms with Crippen molar-refractivity contribution >= 4 is 5.97 Å². The SMILES string of the molecule is C=C(C(C)C)[C@@H](N)CC(=O)OCc1ccccc1. The van der Waals surface area contributed by atoms with E-state index in [9.17, 15) is 4.79 Å². The van der Waals surface area contributed by atoms with Gasteiger partial charge in [0.2, 0.25) is 0 Å². The molecule has 0 aliphatic carbocycles. The van der Waals surface area contributed by atoms with E-state index in [1.165, 1.54) is 0 Å². The predicted octanol–water partition coefficient (Wildman–Crippen LogP) is 2.66. The lowest BCUT2D eigenvalue weighted by atomic mass is 9.96. The number of esters is 1. The summed E-state index contributed by atoms with van der Waals surface area (Å²) in [5.74, 6) is -0.00456. The Labute approximate surface area is 109 Å². The maximum Gasteiger partial charge on any atom is 0.308 e. The molecule has 1 atom stereocenters. The van der Waals surface area contributed by atoms with Gasteiger partial charge in [-0.3, -0.25) is 4.79 Å². The first-order chi connectivity index (χ1) is 8.50. The molecule has 18 heavy (non-hydrogen) atoms. The molecule has 0 fully saturated rings. The van der Waals surface area contributed by atoms with Crippen LogP contribution < -0.4 is 5.73 Å². The van der Waals surface area contributed by atoms with E-state index in [4.69, 9.17) is 10.5 Å². The maximum atomic E-state index is 11.6. The van der Waals surface area contributed by atoms with E-state index in [-0.39, 0.29) is 24.3 Å². The third-order valence-electron chi connectivity index (χ3n) is 2.85. The van der Waals surface area contributed by atoms with Gasteiger partial charge < -0.3 is 10.5 Å². The van der Waals surface area contributed by atoms with Gasteiger partial charge >= 0.3 is 5.97 Å². The van der Waals surface area contributed by atoms with Crippen molar-refractivity contribution in [3.8, 4) is 0 Å². The van der Waals surface area contributed by atoms with E-state index in [1.807, 2.05) is 44.2 Å². The van der Waals surface area contributed by atoms with Crippen molar-refractivity contribution in [3.05, 3.63) is 48.0 Å². The zero-order chi connectivity index (χ0) is 13.5. The van der Waals surface area contributed by atoms with Crippen LogP contribution in [0.1, 0.15) is 25.8 Å². The fourth-order valence-electron chi connectivity index (χ4n) is 1.54. The third kappa shape index (κ3) is 4.72. The number of rotatable bonds is 6. The Bertz CT molecular complexity index is 398. The summed E-state index contributed by atoms with van der Waals surface area (Å²) in [4.78, 5) is 11.6. The van der Waals surface area contributed by atoms with Crippen LogP contribution in [-0.4, -0.2) is 12.0 Å². The van der Waals surface area contributed by atoms with Gasteiger partial charge in [0.15, 0.2) is 0 Å². The third-order valence-corrected chi connectivity index (χ3v) is 2.85. The van der Waals surface area contributed by atoms with Crippen molar-refractivity contribution in [2.45, 2.75) is 32.9 Å². The van der Waals surface area contributed by atoms with Crippen LogP contribution in [0.2, 0.25) is 0 Å². The molecule has 0 aliphatic rings. The molecular weight excluding hydrogens is 226 g/mol. The first-order valence-electron chi connectivity index (χ1n) is 6.14.